The zero-order valence-corrected chi connectivity index (χ0v) is 17.4. The van der Waals surface area contributed by atoms with Gasteiger partial charge in [-0.1, -0.05) is 11.6 Å². The molecular weight excluding hydrogens is 412 g/mol. The Kier molecular flexibility index (Phi) is 6.20. The number of anilines is 1. The highest BCUT2D eigenvalue weighted by Gasteiger charge is 2.27. The van der Waals surface area contributed by atoms with Gasteiger partial charge in [-0.25, -0.2) is 9.37 Å². The van der Waals surface area contributed by atoms with Gasteiger partial charge in [-0.3, -0.25) is 4.79 Å². The van der Waals surface area contributed by atoms with Crippen LogP contribution >= 0.6 is 11.6 Å². The number of halogens is 3. The van der Waals surface area contributed by atoms with Crippen LogP contribution in [0.2, 0.25) is 5.02 Å². The number of aromatic nitrogens is 1. The summed E-state index contributed by atoms with van der Waals surface area (Å²) >= 11 is 6.19. The SMILES string of the molecule is CC1NC(CCC(=O)Nc2cc(Cl)c(OC3CCC3)cc2F)Cc2c1ccnc2F. The van der Waals surface area contributed by atoms with E-state index in [9.17, 15) is 13.6 Å². The molecule has 4 rings (SSSR count). The number of nitrogens with one attached hydrogen (secondary N) is 2. The van der Waals surface area contributed by atoms with E-state index < -0.39 is 11.8 Å². The molecule has 30 heavy (non-hydrogen) atoms. The lowest BCUT2D eigenvalue weighted by Gasteiger charge is -2.31. The van der Waals surface area contributed by atoms with E-state index in [1.165, 1.54) is 18.3 Å². The number of benzene rings is 1. The lowest BCUT2D eigenvalue weighted by molar-refractivity contribution is -0.116. The number of pyridine rings is 1. The Hall–Kier alpha value is -2.25. The van der Waals surface area contributed by atoms with Crippen LogP contribution in [0.3, 0.4) is 0 Å². The Morgan fingerprint density at radius 2 is 2.17 bits per heavy atom. The highest BCUT2D eigenvalue weighted by molar-refractivity contribution is 6.32. The molecule has 2 aliphatic rings. The highest BCUT2D eigenvalue weighted by atomic mass is 35.5. The van der Waals surface area contributed by atoms with E-state index >= 15 is 0 Å². The number of hydrogen-bond acceptors (Lipinski definition) is 4. The lowest BCUT2D eigenvalue weighted by atomic mass is 9.90. The van der Waals surface area contributed by atoms with Crippen LogP contribution in [0.4, 0.5) is 14.5 Å². The largest absolute Gasteiger partial charge is 0.489 e. The third kappa shape index (κ3) is 4.57. The average Bonchev–Trinajstić information content (AvgIpc) is 2.67. The van der Waals surface area contributed by atoms with E-state index in [4.69, 9.17) is 16.3 Å². The number of fused-ring (bicyclic) bond motifs is 1. The molecule has 0 radical (unpaired) electrons. The maximum absolute atomic E-state index is 14.4. The maximum Gasteiger partial charge on any atom is 0.224 e. The summed E-state index contributed by atoms with van der Waals surface area (Å²) in [6.45, 7) is 1.95. The van der Waals surface area contributed by atoms with Gasteiger partial charge in [-0.2, -0.15) is 4.39 Å². The van der Waals surface area contributed by atoms with E-state index in [1.807, 2.05) is 13.0 Å². The number of rotatable bonds is 6. The second kappa shape index (κ2) is 8.86. The van der Waals surface area contributed by atoms with Gasteiger partial charge in [-0.15, -0.1) is 0 Å². The molecular formula is C22H24ClF2N3O2. The fourth-order valence-electron chi connectivity index (χ4n) is 3.92. The van der Waals surface area contributed by atoms with Crippen molar-refractivity contribution in [1.82, 2.24) is 10.3 Å². The van der Waals surface area contributed by atoms with E-state index in [0.29, 0.717) is 24.2 Å². The molecule has 1 amide bonds. The molecule has 2 aromatic rings. The minimum atomic E-state index is -0.589. The summed E-state index contributed by atoms with van der Waals surface area (Å²) in [4.78, 5) is 16.1. The molecule has 8 heteroatoms. The highest BCUT2D eigenvalue weighted by Crippen LogP contribution is 2.34. The van der Waals surface area contributed by atoms with Crippen LogP contribution < -0.4 is 15.4 Å². The molecule has 2 heterocycles. The predicted molar refractivity (Wildman–Crippen MR) is 111 cm³/mol. The average molecular weight is 436 g/mol. The van der Waals surface area contributed by atoms with Crippen molar-refractivity contribution in [2.24, 2.45) is 0 Å². The van der Waals surface area contributed by atoms with Crippen LogP contribution in [0.15, 0.2) is 24.4 Å². The van der Waals surface area contributed by atoms with Crippen molar-refractivity contribution in [2.75, 3.05) is 5.32 Å². The quantitative estimate of drug-likeness (QED) is 0.631. The minimum Gasteiger partial charge on any atom is -0.489 e. The fraction of sp³-hybridized carbons (Fsp3) is 0.455. The first-order valence-electron chi connectivity index (χ1n) is 10.3. The first-order valence-corrected chi connectivity index (χ1v) is 10.6. The Balaban J connectivity index is 1.34. The molecule has 1 saturated carbocycles. The zero-order valence-electron chi connectivity index (χ0n) is 16.7. The van der Waals surface area contributed by atoms with Gasteiger partial charge in [0.2, 0.25) is 11.9 Å². The van der Waals surface area contributed by atoms with Crippen LogP contribution in [0.25, 0.3) is 0 Å². The maximum atomic E-state index is 14.4. The van der Waals surface area contributed by atoms with Crippen LogP contribution in [0, 0.1) is 11.8 Å². The molecule has 2 unspecified atom stereocenters. The zero-order chi connectivity index (χ0) is 21.3. The third-order valence-corrected chi connectivity index (χ3v) is 6.10. The number of ether oxygens (including phenoxy) is 1. The number of amides is 1. The fourth-order valence-corrected chi connectivity index (χ4v) is 4.13. The molecule has 1 aliphatic carbocycles. The van der Waals surface area contributed by atoms with E-state index in [-0.39, 0.29) is 41.2 Å². The summed E-state index contributed by atoms with van der Waals surface area (Å²) in [6.07, 6.45) is 5.63. The van der Waals surface area contributed by atoms with Crippen molar-refractivity contribution in [3.05, 3.63) is 52.3 Å². The van der Waals surface area contributed by atoms with Crippen LogP contribution in [-0.2, 0) is 11.2 Å². The van der Waals surface area contributed by atoms with Gasteiger partial charge >= 0.3 is 0 Å². The van der Waals surface area contributed by atoms with Crippen molar-refractivity contribution >= 4 is 23.2 Å². The van der Waals surface area contributed by atoms with Gasteiger partial charge in [0.1, 0.15) is 5.75 Å². The van der Waals surface area contributed by atoms with E-state index in [0.717, 1.165) is 24.8 Å². The molecule has 1 aliphatic heterocycles. The van der Waals surface area contributed by atoms with Gasteiger partial charge in [0.05, 0.1) is 16.8 Å². The third-order valence-electron chi connectivity index (χ3n) is 5.80. The van der Waals surface area contributed by atoms with Gasteiger partial charge in [0, 0.05) is 36.3 Å². The summed E-state index contributed by atoms with van der Waals surface area (Å²) in [5, 5.41) is 6.23. The summed E-state index contributed by atoms with van der Waals surface area (Å²) in [5.41, 5.74) is 1.51. The molecule has 0 spiro atoms. The van der Waals surface area contributed by atoms with Crippen LogP contribution in [-0.4, -0.2) is 23.0 Å². The molecule has 1 aromatic carbocycles. The monoisotopic (exact) mass is 435 g/mol. The van der Waals surface area contributed by atoms with E-state index in [2.05, 4.69) is 15.6 Å². The van der Waals surface area contributed by atoms with Gasteiger partial charge < -0.3 is 15.4 Å². The van der Waals surface area contributed by atoms with Gasteiger partial charge in [0.15, 0.2) is 5.82 Å². The summed E-state index contributed by atoms with van der Waals surface area (Å²) < 4.78 is 34.1. The first kappa shape index (κ1) is 21.0. The molecule has 2 atom stereocenters. The Morgan fingerprint density at radius 1 is 1.37 bits per heavy atom. The van der Waals surface area contributed by atoms with Crippen molar-refractivity contribution in [3.63, 3.8) is 0 Å². The summed E-state index contributed by atoms with van der Waals surface area (Å²) in [7, 11) is 0. The van der Waals surface area contributed by atoms with Crippen LogP contribution in [0.1, 0.15) is 56.2 Å². The molecule has 5 nitrogen and oxygen atoms in total. The van der Waals surface area contributed by atoms with Crippen molar-refractivity contribution in [1.29, 1.82) is 0 Å². The summed E-state index contributed by atoms with van der Waals surface area (Å²) in [5.74, 6) is -1.08. The van der Waals surface area contributed by atoms with Crippen molar-refractivity contribution in [3.8, 4) is 5.75 Å². The Bertz CT molecular complexity index is 952. The minimum absolute atomic E-state index is 0.0246. The number of carbonyl (C=O) groups is 1. The molecule has 160 valence electrons. The Labute approximate surface area is 179 Å². The second-order valence-electron chi connectivity index (χ2n) is 7.98. The van der Waals surface area contributed by atoms with Crippen LogP contribution in [0.5, 0.6) is 5.75 Å². The smallest absolute Gasteiger partial charge is 0.224 e. The van der Waals surface area contributed by atoms with Crippen molar-refractivity contribution < 1.29 is 18.3 Å². The predicted octanol–water partition coefficient (Wildman–Crippen LogP) is 4.94. The molecule has 0 saturated heterocycles. The molecule has 2 N–H and O–H groups in total. The standard InChI is InChI=1S/C22H24ClF2N3O2/c1-12-15-7-8-26-22(25)16(15)9-13(27-12)5-6-21(29)28-19-10-17(23)20(11-18(19)24)30-14-3-2-4-14/h7-8,10-14,27H,2-6,9H2,1H3,(H,28,29). The number of hydrogen-bond donors (Lipinski definition) is 2. The second-order valence-corrected chi connectivity index (χ2v) is 8.39. The van der Waals surface area contributed by atoms with Gasteiger partial charge in [0.25, 0.3) is 0 Å². The Morgan fingerprint density at radius 3 is 2.90 bits per heavy atom. The normalized spacial score (nSPS) is 20.9. The lowest BCUT2D eigenvalue weighted by Crippen LogP contribution is -2.39. The van der Waals surface area contributed by atoms with Gasteiger partial charge in [-0.05, 0) is 56.7 Å². The molecule has 1 aromatic heterocycles. The molecule has 0 bridgehead atoms. The number of nitrogens with zero attached hydrogens (tertiary/aromatic N) is 1. The van der Waals surface area contributed by atoms with Crippen molar-refractivity contribution in [2.45, 2.75) is 63.6 Å². The topological polar surface area (TPSA) is 63.2 Å². The summed E-state index contributed by atoms with van der Waals surface area (Å²) in [6, 6.07) is 4.31. The molecule has 1 fully saturated rings. The number of carbonyl (C=O) groups excluding carboxylic acids is 1. The van der Waals surface area contributed by atoms with E-state index in [1.54, 1.807) is 0 Å². The first-order chi connectivity index (χ1) is 14.4.